The molecule has 1 fully saturated rings. The van der Waals surface area contributed by atoms with Gasteiger partial charge in [0.25, 0.3) is 0 Å². The fraction of sp³-hybridized carbons (Fsp3) is 1.00. The van der Waals surface area contributed by atoms with Gasteiger partial charge in [0, 0.05) is 0 Å². The quantitative estimate of drug-likeness (QED) is 0.451. The fourth-order valence-electron chi connectivity index (χ4n) is 0.950. The molecule has 1 nitrogen and oxygen atoms in total. The summed E-state index contributed by atoms with van der Waals surface area (Å²) in [6.07, 6.45) is 2.44. The summed E-state index contributed by atoms with van der Waals surface area (Å²) in [5, 5.41) is 0. The normalized spacial score (nSPS) is 29.7. The van der Waals surface area contributed by atoms with Crippen LogP contribution in [0.15, 0.2) is 0 Å². The van der Waals surface area contributed by atoms with Crippen LogP contribution < -0.4 is 0 Å². The zero-order valence-corrected chi connectivity index (χ0v) is 7.25. The van der Waals surface area contributed by atoms with Gasteiger partial charge in [-0.1, -0.05) is 0 Å². The summed E-state index contributed by atoms with van der Waals surface area (Å²) in [4.78, 5) is 0. The van der Waals surface area contributed by atoms with Gasteiger partial charge in [0.05, 0.1) is 0 Å². The number of rotatable bonds is 2. The molecule has 9 heavy (non-hydrogen) atoms. The average molecular weight is 160 g/mol. The number of ether oxygens (including phenoxy) is 1. The molecule has 1 rings (SSSR count). The van der Waals surface area contributed by atoms with Gasteiger partial charge in [0.1, 0.15) is 0 Å². The summed E-state index contributed by atoms with van der Waals surface area (Å²) in [5.74, 6) is 2.35. The maximum atomic E-state index is 5.44. The molecule has 2 atom stereocenters. The predicted octanol–water partition coefficient (Wildman–Crippen LogP) is 1.97. The van der Waals surface area contributed by atoms with E-state index in [9.17, 15) is 0 Å². The molecule has 0 aliphatic carbocycles. The van der Waals surface area contributed by atoms with Gasteiger partial charge in [0.2, 0.25) is 0 Å². The molecule has 0 bridgehead atoms. The number of hydrogen-bond donors (Lipinski definition) is 0. The van der Waals surface area contributed by atoms with Crippen molar-refractivity contribution < 1.29 is 4.74 Å². The minimum atomic E-state index is -0.112. The molecule has 0 amide bonds. The Bertz CT molecular complexity index is 105. The van der Waals surface area contributed by atoms with E-state index in [1.54, 1.807) is 0 Å². The van der Waals surface area contributed by atoms with Crippen molar-refractivity contribution in [3.63, 3.8) is 0 Å². The van der Waals surface area contributed by atoms with Crippen LogP contribution in [0.1, 0.15) is 12.8 Å². The number of hydrogen-bond acceptors (Lipinski definition) is 2. The molecular formula is C5H10BOPS. The van der Waals surface area contributed by atoms with Gasteiger partial charge in [-0.25, -0.2) is 0 Å². The summed E-state index contributed by atoms with van der Waals surface area (Å²) in [6.45, 7) is 3.12. The van der Waals surface area contributed by atoms with Gasteiger partial charge in [-0.05, 0) is 0 Å². The van der Waals surface area contributed by atoms with Crippen molar-refractivity contribution in [1.82, 2.24) is 0 Å². The first kappa shape index (κ1) is 7.78. The van der Waals surface area contributed by atoms with Crippen LogP contribution in [0.2, 0.25) is 0 Å². The van der Waals surface area contributed by atoms with Crippen LogP contribution in [0, 0.1) is 0 Å². The van der Waals surface area contributed by atoms with Crippen LogP contribution in [-0.4, -0.2) is 25.0 Å². The second kappa shape index (κ2) is 3.75. The van der Waals surface area contributed by atoms with Crippen LogP contribution in [0.4, 0.5) is 0 Å². The predicted molar refractivity (Wildman–Crippen MR) is 45.2 cm³/mol. The van der Waals surface area contributed by atoms with Crippen molar-refractivity contribution in [3.05, 3.63) is 0 Å². The first-order valence-corrected chi connectivity index (χ1v) is 5.53. The molecule has 0 aromatic rings. The third kappa shape index (κ3) is 2.07. The van der Waals surface area contributed by atoms with Crippen molar-refractivity contribution in [2.24, 2.45) is 0 Å². The second-order valence-corrected chi connectivity index (χ2v) is 4.99. The van der Waals surface area contributed by atoms with Crippen molar-refractivity contribution in [2.75, 3.05) is 13.3 Å². The molecule has 1 aliphatic heterocycles. The van der Waals surface area contributed by atoms with Gasteiger partial charge in [0.15, 0.2) is 0 Å². The van der Waals surface area contributed by atoms with E-state index < -0.39 is 0 Å². The Balaban J connectivity index is 2.32. The van der Waals surface area contributed by atoms with Crippen molar-refractivity contribution >= 4 is 25.7 Å². The van der Waals surface area contributed by atoms with Crippen molar-refractivity contribution in [2.45, 2.75) is 18.7 Å². The molecule has 0 spiro atoms. The maximum absolute atomic E-state index is 5.44. The van der Waals surface area contributed by atoms with Gasteiger partial charge in [-0.15, -0.1) is 0 Å². The molecule has 4 heteroatoms. The summed E-state index contributed by atoms with van der Waals surface area (Å²) in [5.41, 5.74) is 0. The van der Waals surface area contributed by atoms with E-state index in [-0.39, 0.29) is 7.80 Å². The first-order valence-electron chi connectivity index (χ1n) is 3.13. The third-order valence-corrected chi connectivity index (χ3v) is 4.17. The molecule has 0 saturated carbocycles. The second-order valence-electron chi connectivity index (χ2n) is 2.24. The summed E-state index contributed by atoms with van der Waals surface area (Å²) < 4.78 is 5.44. The Kier molecular flexibility index (Phi) is 3.24. The Morgan fingerprint density at radius 2 is 2.56 bits per heavy atom. The van der Waals surface area contributed by atoms with Gasteiger partial charge in [-0.2, -0.15) is 0 Å². The molecule has 2 unspecified atom stereocenters. The van der Waals surface area contributed by atoms with E-state index in [0.29, 0.717) is 5.85 Å². The fourth-order valence-corrected chi connectivity index (χ4v) is 2.42. The van der Waals surface area contributed by atoms with E-state index >= 15 is 0 Å². The van der Waals surface area contributed by atoms with Gasteiger partial charge in [-0.3, -0.25) is 0 Å². The van der Waals surface area contributed by atoms with Gasteiger partial charge >= 0.3 is 62.4 Å². The Morgan fingerprint density at radius 1 is 1.78 bits per heavy atom. The first-order chi connectivity index (χ1) is 4.34. The van der Waals surface area contributed by atoms with Crippen molar-refractivity contribution in [1.29, 1.82) is 0 Å². The molecule has 1 heterocycles. The van der Waals surface area contributed by atoms with Crippen LogP contribution in [0.3, 0.4) is 0 Å². The van der Waals surface area contributed by atoms with Crippen LogP contribution in [0.25, 0.3) is 0 Å². The SMILES string of the molecule is CP(B=S)C1CCCO1. The standard InChI is InChI=1S/C5H10BOPS/c1-8(6-9)5-3-2-4-7-5/h5H,2-4H2,1H3. The zero-order chi connectivity index (χ0) is 6.69. The molecular weight excluding hydrogens is 150 g/mol. The summed E-state index contributed by atoms with van der Waals surface area (Å²) in [6, 6.07) is 0. The van der Waals surface area contributed by atoms with E-state index in [1.807, 2.05) is 5.87 Å². The monoisotopic (exact) mass is 160 g/mol. The topological polar surface area (TPSA) is 9.23 Å². The van der Waals surface area contributed by atoms with Crippen molar-refractivity contribution in [3.8, 4) is 0 Å². The Labute approximate surface area is 63.0 Å². The molecule has 0 aromatic heterocycles. The van der Waals surface area contributed by atoms with E-state index in [1.165, 1.54) is 12.8 Å². The average Bonchev–Trinajstić information content (AvgIpc) is 2.37. The molecule has 0 radical (unpaired) electrons. The zero-order valence-electron chi connectivity index (χ0n) is 5.54. The van der Waals surface area contributed by atoms with E-state index in [4.69, 9.17) is 16.8 Å². The van der Waals surface area contributed by atoms with E-state index in [2.05, 4.69) is 6.66 Å². The van der Waals surface area contributed by atoms with Crippen LogP contribution >= 0.6 is 19.9 Å². The molecule has 50 valence electrons. The van der Waals surface area contributed by atoms with Crippen LogP contribution in [0.5, 0.6) is 0 Å². The Morgan fingerprint density at radius 3 is 3.00 bits per heavy atom. The third-order valence-electron chi connectivity index (χ3n) is 1.53. The minimum absolute atomic E-state index is 0.112. The molecule has 1 saturated heterocycles. The molecule has 0 N–H and O–H groups in total. The summed E-state index contributed by atoms with van der Waals surface area (Å²) >= 11 is 4.84. The Hall–Kier alpha value is 0.675. The molecule has 0 aromatic carbocycles. The summed E-state index contributed by atoms with van der Waals surface area (Å²) in [7, 11) is -0.112. The van der Waals surface area contributed by atoms with Gasteiger partial charge < -0.3 is 0 Å². The van der Waals surface area contributed by atoms with Crippen LogP contribution in [-0.2, 0) is 4.74 Å². The van der Waals surface area contributed by atoms with E-state index in [0.717, 1.165) is 6.61 Å². The molecule has 1 aliphatic rings.